The van der Waals surface area contributed by atoms with Crippen LogP contribution in [-0.2, 0) is 10.4 Å². The third-order valence-electron chi connectivity index (χ3n) is 3.08. The van der Waals surface area contributed by atoms with Crippen LogP contribution in [-0.4, -0.2) is 16.0 Å². The second-order valence-corrected chi connectivity index (χ2v) is 4.60. The molecule has 19 heavy (non-hydrogen) atoms. The molecule has 0 radical (unpaired) electrons. The molecule has 2 aromatic rings. The molecular weight excluding hydrogens is 271 g/mol. The average Bonchev–Trinajstić information content (AvgIpc) is 2.64. The summed E-state index contributed by atoms with van der Waals surface area (Å²) in [4.78, 5) is 16.0. The highest BCUT2D eigenvalue weighted by Crippen LogP contribution is 2.43. The number of pyridine rings is 1. The summed E-state index contributed by atoms with van der Waals surface area (Å²) in [6.07, 6.45) is 1.43. The number of benzene rings is 1. The lowest BCUT2D eigenvalue weighted by atomic mass is 9.88. The van der Waals surface area contributed by atoms with E-state index in [-0.39, 0.29) is 22.0 Å². The Morgan fingerprint density at radius 2 is 1.95 bits per heavy atom. The van der Waals surface area contributed by atoms with Crippen LogP contribution >= 0.6 is 11.6 Å². The van der Waals surface area contributed by atoms with E-state index in [1.54, 1.807) is 0 Å². The normalized spacial score (nSPS) is 21.1. The molecule has 4 nitrogen and oxygen atoms in total. The maximum absolute atomic E-state index is 13.0. The van der Waals surface area contributed by atoms with Gasteiger partial charge in [-0.15, -0.1) is 0 Å². The zero-order valence-electron chi connectivity index (χ0n) is 9.52. The lowest BCUT2D eigenvalue weighted by Crippen LogP contribution is -2.35. The topological polar surface area (TPSA) is 62.2 Å². The molecule has 2 N–H and O–H groups in total. The van der Waals surface area contributed by atoms with Gasteiger partial charge in [0.15, 0.2) is 5.60 Å². The molecule has 1 atom stereocenters. The first kappa shape index (κ1) is 12.1. The maximum Gasteiger partial charge on any atom is 0.267 e. The molecule has 0 fully saturated rings. The molecule has 96 valence electrons. The number of carbonyl (C=O) groups is 1. The summed E-state index contributed by atoms with van der Waals surface area (Å²) in [5, 5.41) is 13.4. The molecule has 0 saturated carbocycles. The van der Waals surface area contributed by atoms with Gasteiger partial charge in [-0.05, 0) is 23.8 Å². The molecular formula is C13H8ClFN2O2. The highest BCUT2D eigenvalue weighted by atomic mass is 35.5. The SMILES string of the molecule is O=C1Nc2nccc(Cl)c2C1(O)c1ccc(F)cc1. The van der Waals surface area contributed by atoms with E-state index in [9.17, 15) is 14.3 Å². The number of amides is 1. The smallest absolute Gasteiger partial charge is 0.267 e. The number of aliphatic hydroxyl groups is 1. The largest absolute Gasteiger partial charge is 0.372 e. The Morgan fingerprint density at radius 1 is 1.26 bits per heavy atom. The fourth-order valence-corrected chi connectivity index (χ4v) is 2.44. The maximum atomic E-state index is 13.0. The second kappa shape index (κ2) is 4.01. The van der Waals surface area contributed by atoms with Gasteiger partial charge in [0.25, 0.3) is 5.91 Å². The number of nitrogens with one attached hydrogen (secondary N) is 1. The lowest BCUT2D eigenvalue weighted by molar-refractivity contribution is -0.129. The van der Waals surface area contributed by atoms with Gasteiger partial charge in [-0.3, -0.25) is 4.79 Å². The van der Waals surface area contributed by atoms with Crippen LogP contribution in [0.3, 0.4) is 0 Å². The molecule has 0 spiro atoms. The van der Waals surface area contributed by atoms with Crippen molar-refractivity contribution in [2.45, 2.75) is 5.60 Å². The number of hydrogen-bond acceptors (Lipinski definition) is 3. The molecule has 6 heteroatoms. The van der Waals surface area contributed by atoms with E-state index in [4.69, 9.17) is 11.6 Å². The number of nitrogens with zero attached hydrogens (tertiary/aromatic N) is 1. The summed E-state index contributed by atoms with van der Waals surface area (Å²) < 4.78 is 13.0. The predicted octanol–water partition coefficient (Wildman–Crippen LogP) is 2.06. The molecule has 1 unspecified atom stereocenters. The van der Waals surface area contributed by atoms with Gasteiger partial charge in [-0.25, -0.2) is 9.37 Å². The van der Waals surface area contributed by atoms with E-state index in [0.29, 0.717) is 0 Å². The van der Waals surface area contributed by atoms with Gasteiger partial charge in [-0.2, -0.15) is 0 Å². The molecule has 3 rings (SSSR count). The van der Waals surface area contributed by atoms with Crippen molar-refractivity contribution in [1.29, 1.82) is 0 Å². The highest BCUT2D eigenvalue weighted by Gasteiger charge is 2.49. The second-order valence-electron chi connectivity index (χ2n) is 4.19. The van der Waals surface area contributed by atoms with Gasteiger partial charge >= 0.3 is 0 Å². The van der Waals surface area contributed by atoms with E-state index in [2.05, 4.69) is 10.3 Å². The Labute approximate surface area is 112 Å². The quantitative estimate of drug-likeness (QED) is 0.839. The minimum Gasteiger partial charge on any atom is -0.372 e. The van der Waals surface area contributed by atoms with Gasteiger partial charge in [0, 0.05) is 6.20 Å². The Kier molecular flexibility index (Phi) is 2.55. The number of aromatic nitrogens is 1. The van der Waals surface area contributed by atoms with Crippen LogP contribution in [0.15, 0.2) is 36.5 Å². The summed E-state index contributed by atoms with van der Waals surface area (Å²) in [5.74, 6) is -0.901. The third-order valence-corrected chi connectivity index (χ3v) is 3.40. The Hall–Kier alpha value is -1.98. The first-order chi connectivity index (χ1) is 9.03. The van der Waals surface area contributed by atoms with Crippen molar-refractivity contribution in [3.63, 3.8) is 0 Å². The molecule has 2 heterocycles. The van der Waals surface area contributed by atoms with Gasteiger partial charge in [0.05, 0.1) is 10.6 Å². The Morgan fingerprint density at radius 3 is 2.63 bits per heavy atom. The predicted molar refractivity (Wildman–Crippen MR) is 67.3 cm³/mol. The first-order valence-electron chi connectivity index (χ1n) is 5.48. The van der Waals surface area contributed by atoms with Crippen molar-refractivity contribution >= 4 is 23.3 Å². The Bertz CT molecular complexity index is 675. The van der Waals surface area contributed by atoms with E-state index >= 15 is 0 Å². The summed E-state index contributed by atoms with van der Waals surface area (Å²) >= 11 is 6.03. The van der Waals surface area contributed by atoms with Crippen molar-refractivity contribution in [2.24, 2.45) is 0 Å². The molecule has 1 aliphatic heterocycles. The van der Waals surface area contributed by atoms with Crippen molar-refractivity contribution in [2.75, 3.05) is 5.32 Å². The highest BCUT2D eigenvalue weighted by molar-refractivity contribution is 6.33. The number of carbonyl (C=O) groups excluding carboxylic acids is 1. The molecule has 1 aromatic heterocycles. The zero-order valence-corrected chi connectivity index (χ0v) is 10.3. The monoisotopic (exact) mass is 278 g/mol. The molecule has 1 amide bonds. The third kappa shape index (κ3) is 1.63. The van der Waals surface area contributed by atoms with Gasteiger partial charge in [0.1, 0.15) is 11.6 Å². The van der Waals surface area contributed by atoms with Crippen LogP contribution in [0.25, 0.3) is 0 Å². The summed E-state index contributed by atoms with van der Waals surface area (Å²) in [7, 11) is 0. The van der Waals surface area contributed by atoms with E-state index in [1.807, 2.05) is 0 Å². The van der Waals surface area contributed by atoms with Crippen molar-refractivity contribution < 1.29 is 14.3 Å². The van der Waals surface area contributed by atoms with Crippen LogP contribution < -0.4 is 5.32 Å². The van der Waals surface area contributed by atoms with Crippen LogP contribution in [0.1, 0.15) is 11.1 Å². The number of rotatable bonds is 1. The van der Waals surface area contributed by atoms with Crippen LogP contribution in [0.4, 0.5) is 10.2 Å². The summed E-state index contributed by atoms with van der Waals surface area (Å²) in [5.41, 5.74) is -1.53. The first-order valence-corrected chi connectivity index (χ1v) is 5.86. The number of halogens is 2. The van der Waals surface area contributed by atoms with Gasteiger partial charge < -0.3 is 10.4 Å². The van der Waals surface area contributed by atoms with Crippen LogP contribution in [0.2, 0.25) is 5.02 Å². The molecule has 1 aliphatic rings. The molecule has 0 bridgehead atoms. The van der Waals surface area contributed by atoms with Crippen LogP contribution in [0, 0.1) is 5.82 Å². The zero-order chi connectivity index (χ0) is 13.6. The number of hydrogen-bond donors (Lipinski definition) is 2. The number of fused-ring (bicyclic) bond motifs is 1. The van der Waals surface area contributed by atoms with E-state index < -0.39 is 17.3 Å². The number of anilines is 1. The summed E-state index contributed by atoms with van der Waals surface area (Å²) in [6, 6.07) is 6.50. The fourth-order valence-electron chi connectivity index (χ4n) is 2.16. The fraction of sp³-hybridized carbons (Fsp3) is 0.0769. The standard InChI is InChI=1S/C13H8ClFN2O2/c14-9-5-6-16-11-10(9)13(19,12(18)17-11)7-1-3-8(15)4-2-7/h1-6,19H,(H,16,17,18). The molecule has 0 saturated heterocycles. The molecule has 0 aliphatic carbocycles. The summed E-state index contributed by atoms with van der Waals surface area (Å²) in [6.45, 7) is 0. The van der Waals surface area contributed by atoms with E-state index in [0.717, 1.165) is 0 Å². The minimum atomic E-state index is -1.95. The van der Waals surface area contributed by atoms with Gasteiger partial charge in [-0.1, -0.05) is 23.7 Å². The average molecular weight is 279 g/mol. The van der Waals surface area contributed by atoms with E-state index in [1.165, 1.54) is 36.5 Å². The van der Waals surface area contributed by atoms with Crippen molar-refractivity contribution in [3.05, 3.63) is 58.5 Å². The van der Waals surface area contributed by atoms with Crippen molar-refractivity contribution in [1.82, 2.24) is 4.98 Å². The van der Waals surface area contributed by atoms with Crippen LogP contribution in [0.5, 0.6) is 0 Å². The minimum absolute atomic E-state index is 0.188. The Balaban J connectivity index is 2.25. The van der Waals surface area contributed by atoms with Crippen molar-refractivity contribution in [3.8, 4) is 0 Å². The van der Waals surface area contributed by atoms with Gasteiger partial charge in [0.2, 0.25) is 0 Å². The molecule has 1 aromatic carbocycles. The lowest BCUT2D eigenvalue weighted by Gasteiger charge is -2.21.